The van der Waals surface area contributed by atoms with Crippen LogP contribution < -0.4 is 24.4 Å². The number of carbonyl (C=O) groups is 1. The van der Waals surface area contributed by atoms with Crippen molar-refractivity contribution < 1.29 is 43.4 Å². The molecule has 0 saturated heterocycles. The van der Waals surface area contributed by atoms with Gasteiger partial charge in [0.15, 0.2) is 29.0 Å². The number of halogens is 8. The molecule has 0 amide bonds. The van der Waals surface area contributed by atoms with E-state index >= 15 is 0 Å². The molecule has 0 unspecified atom stereocenters. The first-order valence-electron chi connectivity index (χ1n) is 22.2. The van der Waals surface area contributed by atoms with Gasteiger partial charge in [0, 0.05) is 19.0 Å². The summed E-state index contributed by atoms with van der Waals surface area (Å²) in [6, 6.07) is 49.6. The van der Waals surface area contributed by atoms with Gasteiger partial charge in [-0.05, 0) is 149 Å². The van der Waals surface area contributed by atoms with Crippen molar-refractivity contribution in [2.45, 2.75) is 27.6 Å². The Morgan fingerprint density at radius 2 is 0.875 bits per heavy atom. The summed E-state index contributed by atoms with van der Waals surface area (Å²) in [4.78, 5) is 25.8. The Balaban J connectivity index is 0.000000350. The normalized spacial score (nSPS) is 10.0. The first-order valence-corrected chi connectivity index (χ1v) is 40.3. The zero-order chi connectivity index (χ0) is 57.0. The van der Waals surface area contributed by atoms with Crippen LogP contribution >= 0.6 is 154 Å². The molecule has 0 atom stereocenters. The number of carbonyl (C=O) groups excluding carboxylic acids is 1. The van der Waals surface area contributed by atoms with Gasteiger partial charge in [-0.3, -0.25) is 4.79 Å². The number of aliphatic hydroxyl groups is 1. The van der Waals surface area contributed by atoms with E-state index in [4.69, 9.17) is 55.0 Å². The summed E-state index contributed by atoms with van der Waals surface area (Å²) in [5, 5.41) is 18.7. The van der Waals surface area contributed by atoms with Crippen LogP contribution in [0.3, 0.4) is 0 Å². The molecule has 0 saturated carbocycles. The van der Waals surface area contributed by atoms with Crippen LogP contribution in [-0.4, -0.2) is 28.5 Å². The molecular weight excluding hydrogens is 1820 g/mol. The van der Waals surface area contributed by atoms with E-state index in [1.165, 1.54) is 0 Å². The summed E-state index contributed by atoms with van der Waals surface area (Å²) < 4.78 is 30.4. The minimum atomic E-state index is -0.831. The van der Waals surface area contributed by atoms with Gasteiger partial charge in [0.1, 0.15) is 46.0 Å². The third-order valence-electron chi connectivity index (χ3n) is 9.99. The molecule has 8 aromatic rings. The van der Waals surface area contributed by atoms with E-state index in [1.54, 1.807) is 133 Å². The molecule has 0 bridgehead atoms. The molecule has 8 aromatic carbocycles. The summed E-state index contributed by atoms with van der Waals surface area (Å²) in [7, 11) is -0.831. The maximum atomic E-state index is 10.8. The van der Waals surface area contributed by atoms with Crippen molar-refractivity contribution in [1.82, 2.24) is 0 Å². The number of fused-ring (bicyclic) bond motifs is 1. The van der Waals surface area contributed by atoms with Crippen molar-refractivity contribution in [3.63, 3.8) is 0 Å². The monoisotopic (exact) mass is 1860 g/mol. The number of alkyl halides is 1. The summed E-state index contributed by atoms with van der Waals surface area (Å²) in [5.74, 6) is 5.41. The van der Waals surface area contributed by atoms with E-state index in [1.807, 2.05) is 48.3 Å². The Morgan fingerprint density at radius 3 is 1.24 bits per heavy atom. The van der Waals surface area contributed by atoms with E-state index < -0.39 is 7.12 Å². The van der Waals surface area contributed by atoms with Crippen LogP contribution in [0.4, 0.5) is 22.7 Å². The number of hydrogen-bond donors (Lipinski definition) is 2. The van der Waals surface area contributed by atoms with E-state index in [2.05, 4.69) is 150 Å². The van der Waals surface area contributed by atoms with Crippen LogP contribution in [0.25, 0.3) is 19.4 Å². The molecule has 1 heterocycles. The van der Waals surface area contributed by atoms with E-state index in [0.717, 1.165) is 53.4 Å². The Kier molecular flexibility index (Phi) is 35.8. The summed E-state index contributed by atoms with van der Waals surface area (Å²) in [6.45, 7) is 29.8. The van der Waals surface area contributed by atoms with Gasteiger partial charge < -0.3 is 33.7 Å². The molecule has 9 rings (SSSR count). The molecule has 0 aliphatic carbocycles. The average molecular weight is 1860 g/mol. The number of aliphatic hydroxyl groups excluding tert-OH is 1. The van der Waals surface area contributed by atoms with Crippen LogP contribution in [0.15, 0.2) is 183 Å². The number of nitrogens with zero attached hydrogens (tertiary/aromatic N) is 4. The molecule has 1 aliphatic heterocycles. The number of benzene rings is 8. The van der Waals surface area contributed by atoms with Gasteiger partial charge in [-0.15, -0.1) is 24.0 Å². The van der Waals surface area contributed by atoms with E-state index in [9.17, 15) is 9.82 Å². The molecule has 2 N–H and O–H groups in total. The zero-order valence-electron chi connectivity index (χ0n) is 41.4. The molecule has 0 spiro atoms. The predicted octanol–water partition coefficient (Wildman–Crippen LogP) is 21.2. The number of hydrogen-bond acceptors (Lipinski definition) is 8. The van der Waals surface area contributed by atoms with Gasteiger partial charge in [-0.25, -0.2) is 19.4 Å². The first kappa shape index (κ1) is 72.3. The topological polar surface area (TPSA) is 121 Å². The van der Waals surface area contributed by atoms with Gasteiger partial charge in [-0.1, -0.05) is 132 Å². The van der Waals surface area contributed by atoms with Crippen molar-refractivity contribution in [3.05, 3.63) is 251 Å². The number of aryl methyl sites for hydroxylation is 1. The van der Waals surface area contributed by atoms with Gasteiger partial charge >= 0.3 is 72.0 Å². The zero-order valence-corrected chi connectivity index (χ0v) is 58.5. The fourth-order valence-electron chi connectivity index (χ4n) is 6.26. The minimum absolute atomic E-state index is 0. The number of aldehydes is 1. The maximum absolute atomic E-state index is 10.8. The predicted molar refractivity (Wildman–Crippen MR) is 373 cm³/mol. The SMILES string of the molecule is C.CI.I.[C-]#[N+]c1ccc(Oc2ccc(Br)c(C)c2)cc1.[C-]#[N+]c1ccc(Oc2ccc(Br)c(C=O)c2)cc1.[C-]#[N+]c1ccc(Oc2ccc(Br)c(CO)c2)cc1.[C-]#[N+]c1ccc(Oc2ccc3c(c2)COB3O)cc1.[I][V]([I])[I]. The first-order chi connectivity index (χ1) is 37.6. The standard InChI is InChI=1S/C14H10BNO3.C14H10BrNO2.C14H8BrNO2.C14H10BrNO.CH3I.CH4.4HI.V/c1-16-11-2-4-12(5-3-11)19-13-6-7-14-10(8-13)9-18-15(14)17;2*1-16-11-2-4-12(5-3-11)18-13-6-7-14(15)10(8-13)9-17;1-10-9-13(7-8-14(10)15)17-12-5-3-11(16-2)4-6-12;1-2;;;;;;/h2-8,17H,9H2;2-8,17H,9H2;2-9H;3-9H,1H3;1H3;1H4;4*1H;/q;;;;;;;;;;+3/p-3. The molecule has 0 fully saturated rings. The van der Waals surface area contributed by atoms with Crippen LogP contribution in [-0.2, 0) is 22.8 Å². The Hall–Kier alpha value is -3.79. The third kappa shape index (κ3) is 25.4. The summed E-state index contributed by atoms with van der Waals surface area (Å²) in [5.41, 5.74) is 6.48. The molecule has 22 heteroatoms. The Morgan fingerprint density at radius 1 is 0.550 bits per heavy atom. The van der Waals surface area contributed by atoms with Crippen molar-refractivity contribution >= 4 is 196 Å². The Labute approximate surface area is 561 Å². The van der Waals surface area contributed by atoms with Crippen molar-refractivity contribution in [3.8, 4) is 46.0 Å². The van der Waals surface area contributed by atoms with Crippen molar-refractivity contribution in [2.75, 3.05) is 4.93 Å². The van der Waals surface area contributed by atoms with E-state index in [0.29, 0.717) is 69.4 Å². The number of ether oxygens (including phenoxy) is 4. The van der Waals surface area contributed by atoms with Gasteiger partial charge in [0.25, 0.3) is 0 Å². The van der Waals surface area contributed by atoms with Crippen LogP contribution in [0.5, 0.6) is 46.0 Å². The molecular formula is C58H46BBr3I5N4O8V. The number of rotatable bonds is 10. The van der Waals surface area contributed by atoms with Gasteiger partial charge in [-0.2, -0.15) is 0 Å². The molecule has 0 radical (unpaired) electrons. The fourth-order valence-corrected chi connectivity index (χ4v) is 7.22. The van der Waals surface area contributed by atoms with Crippen LogP contribution in [0, 0.1) is 33.2 Å². The molecule has 0 aromatic heterocycles. The molecule has 410 valence electrons. The van der Waals surface area contributed by atoms with Gasteiger partial charge in [0.05, 0.1) is 39.5 Å². The van der Waals surface area contributed by atoms with Crippen molar-refractivity contribution in [1.29, 1.82) is 0 Å². The molecule has 12 nitrogen and oxygen atoms in total. The summed E-state index contributed by atoms with van der Waals surface area (Å²) in [6.07, 6.45) is 0.763. The molecule has 1 aliphatic rings. The van der Waals surface area contributed by atoms with Crippen LogP contribution in [0.1, 0.15) is 34.5 Å². The molecule has 80 heavy (non-hydrogen) atoms. The quantitative estimate of drug-likeness (QED) is 0.0457. The second kappa shape index (κ2) is 39.6. The van der Waals surface area contributed by atoms with Gasteiger partial charge in [0.2, 0.25) is 0 Å². The van der Waals surface area contributed by atoms with Crippen molar-refractivity contribution in [2.24, 2.45) is 0 Å². The fraction of sp³-hybridized carbons (Fsp3) is 0.0862. The van der Waals surface area contributed by atoms with Crippen LogP contribution in [0.2, 0.25) is 0 Å². The average Bonchev–Trinajstić information content (AvgIpc) is 3.83. The van der Waals surface area contributed by atoms with E-state index in [-0.39, 0.29) is 42.9 Å². The Bertz CT molecular complexity index is 3400. The second-order valence-corrected chi connectivity index (χ2v) is 53.1. The summed E-state index contributed by atoms with van der Waals surface area (Å²) >= 11 is 19.6. The second-order valence-electron chi connectivity index (χ2n) is 15.2. The third-order valence-corrected chi connectivity index (χ3v) is 12.4.